The zero-order valence-corrected chi connectivity index (χ0v) is 18.2. The molecule has 31 heavy (non-hydrogen) atoms. The van der Waals surface area contributed by atoms with E-state index in [4.69, 9.17) is 4.42 Å². The summed E-state index contributed by atoms with van der Waals surface area (Å²) in [7, 11) is 1.54. The second-order valence-electron chi connectivity index (χ2n) is 8.04. The van der Waals surface area contributed by atoms with Crippen LogP contribution in [-0.2, 0) is 16.1 Å². The van der Waals surface area contributed by atoms with E-state index >= 15 is 0 Å². The van der Waals surface area contributed by atoms with Gasteiger partial charge in [0.2, 0.25) is 11.8 Å². The molecule has 1 aliphatic heterocycles. The summed E-state index contributed by atoms with van der Waals surface area (Å²) in [6.45, 7) is 5.02. The number of carbonyl (C=O) groups is 3. The van der Waals surface area contributed by atoms with Gasteiger partial charge in [-0.25, -0.2) is 0 Å². The summed E-state index contributed by atoms with van der Waals surface area (Å²) in [5, 5.41) is 11.4. The molecule has 1 aromatic carbocycles. The smallest absolute Gasteiger partial charge is 0.287 e. The minimum absolute atomic E-state index is 0.00989. The van der Waals surface area contributed by atoms with E-state index in [9.17, 15) is 14.4 Å². The van der Waals surface area contributed by atoms with E-state index in [1.807, 2.05) is 38.1 Å². The molecule has 0 bridgehead atoms. The van der Waals surface area contributed by atoms with E-state index in [1.54, 1.807) is 12.1 Å². The summed E-state index contributed by atoms with van der Waals surface area (Å²) in [6.07, 6.45) is 1.88. The van der Waals surface area contributed by atoms with Crippen molar-refractivity contribution in [3.05, 3.63) is 47.7 Å². The van der Waals surface area contributed by atoms with Crippen LogP contribution in [0.25, 0.3) is 11.3 Å². The zero-order valence-electron chi connectivity index (χ0n) is 18.2. The predicted molar refractivity (Wildman–Crippen MR) is 117 cm³/mol. The van der Waals surface area contributed by atoms with E-state index in [0.717, 1.165) is 30.5 Å². The van der Waals surface area contributed by atoms with E-state index in [2.05, 4.69) is 21.3 Å². The lowest BCUT2D eigenvalue weighted by molar-refractivity contribution is -0.124. The molecule has 1 aliphatic rings. The van der Waals surface area contributed by atoms with Gasteiger partial charge in [0.1, 0.15) is 11.8 Å². The summed E-state index contributed by atoms with van der Waals surface area (Å²) < 4.78 is 5.75. The van der Waals surface area contributed by atoms with Gasteiger partial charge >= 0.3 is 0 Å². The largest absolute Gasteiger partial charge is 0.451 e. The maximum Gasteiger partial charge on any atom is 0.287 e. The van der Waals surface area contributed by atoms with Gasteiger partial charge in [-0.05, 0) is 49.1 Å². The third kappa shape index (κ3) is 5.73. The lowest BCUT2D eigenvalue weighted by atomic mass is 10.0. The van der Waals surface area contributed by atoms with Gasteiger partial charge in [0.05, 0.1) is 6.04 Å². The fourth-order valence-corrected chi connectivity index (χ4v) is 3.57. The van der Waals surface area contributed by atoms with Gasteiger partial charge in [-0.15, -0.1) is 0 Å². The third-order valence-electron chi connectivity index (χ3n) is 5.37. The van der Waals surface area contributed by atoms with Gasteiger partial charge in [0.25, 0.3) is 5.91 Å². The van der Waals surface area contributed by atoms with Crippen molar-refractivity contribution in [3.63, 3.8) is 0 Å². The number of likely N-dealkylation sites (N-methyl/N-ethyl adjacent to an activating group) is 1. The Bertz CT molecular complexity index is 931. The van der Waals surface area contributed by atoms with Crippen LogP contribution in [-0.4, -0.2) is 43.4 Å². The van der Waals surface area contributed by atoms with Crippen molar-refractivity contribution < 1.29 is 18.8 Å². The Morgan fingerprint density at radius 2 is 2.00 bits per heavy atom. The number of benzene rings is 1. The summed E-state index contributed by atoms with van der Waals surface area (Å²) >= 11 is 0. The molecule has 1 aromatic heterocycles. The molecule has 0 spiro atoms. The number of carbonyl (C=O) groups excluding carboxylic acids is 3. The maximum atomic E-state index is 12.6. The van der Waals surface area contributed by atoms with Crippen molar-refractivity contribution in [2.45, 2.75) is 45.3 Å². The molecular weight excluding hydrogens is 396 g/mol. The summed E-state index contributed by atoms with van der Waals surface area (Å²) in [5.74, 6) is -0.0774. The molecule has 0 aliphatic carbocycles. The molecule has 0 radical (unpaired) electrons. The average Bonchev–Trinajstić information content (AvgIpc) is 3.47. The van der Waals surface area contributed by atoms with E-state index < -0.39 is 11.9 Å². The average molecular weight is 427 g/mol. The predicted octanol–water partition coefficient (Wildman–Crippen LogP) is 1.82. The molecule has 1 saturated heterocycles. The van der Waals surface area contributed by atoms with Crippen LogP contribution in [0.15, 0.2) is 40.8 Å². The summed E-state index contributed by atoms with van der Waals surface area (Å²) in [6, 6.07) is 10.2. The highest BCUT2D eigenvalue weighted by Gasteiger charge is 2.25. The van der Waals surface area contributed by atoms with Crippen LogP contribution < -0.4 is 21.3 Å². The van der Waals surface area contributed by atoms with Gasteiger partial charge in [0, 0.05) is 19.2 Å². The molecule has 3 amide bonds. The van der Waals surface area contributed by atoms with Crippen molar-refractivity contribution in [2.24, 2.45) is 5.92 Å². The fourth-order valence-electron chi connectivity index (χ4n) is 3.57. The molecule has 2 aromatic rings. The van der Waals surface area contributed by atoms with Gasteiger partial charge in [-0.1, -0.05) is 32.0 Å². The van der Waals surface area contributed by atoms with E-state index in [0.29, 0.717) is 12.3 Å². The highest BCUT2D eigenvalue weighted by Crippen LogP contribution is 2.23. The van der Waals surface area contributed by atoms with Crippen LogP contribution in [0.1, 0.15) is 42.8 Å². The highest BCUT2D eigenvalue weighted by atomic mass is 16.4. The monoisotopic (exact) mass is 426 g/mol. The molecule has 2 unspecified atom stereocenters. The Kier molecular flexibility index (Phi) is 7.46. The summed E-state index contributed by atoms with van der Waals surface area (Å²) in [5.41, 5.74) is 1.74. The first kappa shape index (κ1) is 22.6. The lowest BCUT2D eigenvalue weighted by Crippen LogP contribution is -2.48. The minimum Gasteiger partial charge on any atom is -0.451 e. The second kappa shape index (κ2) is 10.3. The van der Waals surface area contributed by atoms with Gasteiger partial charge < -0.3 is 25.7 Å². The second-order valence-corrected chi connectivity index (χ2v) is 8.04. The third-order valence-corrected chi connectivity index (χ3v) is 5.37. The molecule has 2 atom stereocenters. The first-order valence-electron chi connectivity index (χ1n) is 10.6. The van der Waals surface area contributed by atoms with Crippen LogP contribution in [0.5, 0.6) is 0 Å². The number of hydrogen-bond acceptors (Lipinski definition) is 5. The Morgan fingerprint density at radius 1 is 1.19 bits per heavy atom. The molecule has 8 nitrogen and oxygen atoms in total. The van der Waals surface area contributed by atoms with Crippen molar-refractivity contribution in [2.75, 3.05) is 13.6 Å². The molecular formula is C23H30N4O4. The van der Waals surface area contributed by atoms with E-state index in [1.165, 1.54) is 7.05 Å². The van der Waals surface area contributed by atoms with Crippen molar-refractivity contribution in [1.29, 1.82) is 0 Å². The first-order valence-corrected chi connectivity index (χ1v) is 10.6. The molecule has 2 heterocycles. The Hall–Kier alpha value is -3.13. The van der Waals surface area contributed by atoms with E-state index in [-0.39, 0.29) is 29.5 Å². The van der Waals surface area contributed by atoms with Gasteiger partial charge in [-0.3, -0.25) is 14.4 Å². The molecule has 4 N–H and O–H groups in total. The molecule has 0 saturated carbocycles. The lowest BCUT2D eigenvalue weighted by Gasteiger charge is -2.19. The van der Waals surface area contributed by atoms with Crippen molar-refractivity contribution in [3.8, 4) is 11.3 Å². The van der Waals surface area contributed by atoms with Crippen LogP contribution >= 0.6 is 0 Å². The SMILES string of the molecule is CNC(=O)C(NC(=O)c1ccc(-c2cccc(CNC(=O)C3CCCN3)c2)o1)C(C)C. The Morgan fingerprint density at radius 3 is 2.68 bits per heavy atom. The minimum atomic E-state index is -0.646. The Balaban J connectivity index is 1.65. The van der Waals surface area contributed by atoms with Crippen LogP contribution in [0, 0.1) is 5.92 Å². The number of amides is 3. The topological polar surface area (TPSA) is 112 Å². The first-order chi connectivity index (χ1) is 14.9. The van der Waals surface area contributed by atoms with Crippen molar-refractivity contribution >= 4 is 17.7 Å². The van der Waals surface area contributed by atoms with Crippen LogP contribution in [0.4, 0.5) is 0 Å². The molecule has 8 heteroatoms. The highest BCUT2D eigenvalue weighted by molar-refractivity contribution is 5.96. The normalized spacial score (nSPS) is 16.7. The fraction of sp³-hybridized carbons (Fsp3) is 0.435. The standard InChI is InChI=1S/C23H30N4O4/c1-14(2)20(23(30)24-3)27-22(29)19-10-9-18(31-19)16-7-4-6-15(12-16)13-26-21(28)17-8-5-11-25-17/h4,6-7,9-10,12,14,17,20,25H,5,8,11,13H2,1-3H3,(H,24,30)(H,26,28)(H,27,29). The zero-order chi connectivity index (χ0) is 22.4. The molecule has 1 fully saturated rings. The van der Waals surface area contributed by atoms with Gasteiger partial charge in [0.15, 0.2) is 5.76 Å². The molecule has 166 valence electrons. The summed E-state index contributed by atoms with van der Waals surface area (Å²) in [4.78, 5) is 36.7. The van der Waals surface area contributed by atoms with Gasteiger partial charge in [-0.2, -0.15) is 0 Å². The Labute approximate surface area is 182 Å². The van der Waals surface area contributed by atoms with Crippen molar-refractivity contribution in [1.82, 2.24) is 21.3 Å². The number of rotatable bonds is 8. The number of furan rings is 1. The quantitative estimate of drug-likeness (QED) is 0.514. The number of nitrogens with one attached hydrogen (secondary N) is 4. The van der Waals surface area contributed by atoms with Crippen LogP contribution in [0.3, 0.4) is 0 Å². The van der Waals surface area contributed by atoms with Crippen LogP contribution in [0.2, 0.25) is 0 Å². The number of hydrogen-bond donors (Lipinski definition) is 4. The molecule has 3 rings (SSSR count). The maximum absolute atomic E-state index is 12.6.